The minimum absolute atomic E-state index is 0.0193. The molecule has 55 heavy (non-hydrogen) atoms. The predicted octanol–water partition coefficient (Wildman–Crippen LogP) is 11.4. The summed E-state index contributed by atoms with van der Waals surface area (Å²) in [5.74, 6) is 2.31. The Bertz CT molecular complexity index is 1810. The Labute approximate surface area is 334 Å². The number of carbonyl (C=O) groups is 1. The molecular formula is C47H66N2O5S. The number of carbonyl (C=O) groups excluding carboxylic acids is 1. The van der Waals surface area contributed by atoms with E-state index in [1.165, 1.54) is 25.2 Å². The minimum Gasteiger partial charge on any atom is -0.493 e. The van der Waals surface area contributed by atoms with Gasteiger partial charge in [0.25, 0.3) is 15.9 Å². The van der Waals surface area contributed by atoms with E-state index in [2.05, 4.69) is 73.7 Å². The molecule has 2 aromatic carbocycles. The molecule has 0 heterocycles. The zero-order chi connectivity index (χ0) is 42.6. The van der Waals surface area contributed by atoms with Crippen molar-refractivity contribution in [2.45, 2.75) is 95.5 Å². The van der Waals surface area contributed by atoms with E-state index in [0.29, 0.717) is 17.7 Å². The first-order chi connectivity index (χ1) is 26.0. The molecular weight excluding hydrogens is 705 g/mol. The van der Waals surface area contributed by atoms with E-state index in [1.54, 1.807) is 62.4 Å². The molecule has 2 N–H and O–H groups in total. The summed E-state index contributed by atoms with van der Waals surface area (Å²) in [5.41, 5.74) is 5.17. The summed E-state index contributed by atoms with van der Waals surface area (Å²) in [4.78, 5) is 13.7. The maximum absolute atomic E-state index is 13.7. The lowest BCUT2D eigenvalue weighted by atomic mass is 10.0. The number of terminal acetylenes is 1. The molecule has 1 amide bonds. The zero-order valence-electron chi connectivity index (χ0n) is 35.5. The number of hydrogen-bond acceptors (Lipinski definition) is 5. The summed E-state index contributed by atoms with van der Waals surface area (Å²) in [5, 5.41) is 2.90. The summed E-state index contributed by atoms with van der Waals surface area (Å²) < 4.78 is 41.4. The first kappa shape index (κ1) is 51.8. The van der Waals surface area contributed by atoms with Crippen molar-refractivity contribution >= 4 is 15.9 Å². The lowest BCUT2D eigenvalue weighted by molar-refractivity contribution is -0.120. The van der Waals surface area contributed by atoms with Gasteiger partial charge in [0.15, 0.2) is 11.5 Å². The van der Waals surface area contributed by atoms with Crippen LogP contribution in [0.5, 0.6) is 11.5 Å². The van der Waals surface area contributed by atoms with Crippen LogP contribution in [0.15, 0.2) is 143 Å². The minimum atomic E-state index is -4.08. The molecule has 2 rings (SSSR count). The van der Waals surface area contributed by atoms with Gasteiger partial charge in [0.2, 0.25) is 5.76 Å². The summed E-state index contributed by atoms with van der Waals surface area (Å²) in [6.07, 6.45) is 19.4. The Morgan fingerprint density at radius 1 is 0.909 bits per heavy atom. The van der Waals surface area contributed by atoms with Gasteiger partial charge in [-0.3, -0.25) is 9.52 Å². The highest BCUT2D eigenvalue weighted by atomic mass is 32.2. The fourth-order valence-electron chi connectivity index (χ4n) is 4.49. The van der Waals surface area contributed by atoms with Gasteiger partial charge in [-0.1, -0.05) is 123 Å². The Kier molecular flexibility index (Phi) is 27.5. The third-order valence-corrected chi connectivity index (χ3v) is 9.16. The molecule has 0 spiro atoms. The van der Waals surface area contributed by atoms with Gasteiger partial charge < -0.3 is 14.8 Å². The van der Waals surface area contributed by atoms with Crippen LogP contribution in [-0.2, 0) is 14.8 Å². The van der Waals surface area contributed by atoms with Gasteiger partial charge in [-0.15, -0.1) is 18.9 Å². The van der Waals surface area contributed by atoms with Crippen LogP contribution in [-0.4, -0.2) is 27.5 Å². The van der Waals surface area contributed by atoms with E-state index in [0.717, 1.165) is 11.1 Å². The Morgan fingerprint density at radius 2 is 1.42 bits per heavy atom. The van der Waals surface area contributed by atoms with E-state index in [-0.39, 0.29) is 28.0 Å². The molecule has 0 radical (unpaired) electrons. The largest absolute Gasteiger partial charge is 0.493 e. The monoisotopic (exact) mass is 770 g/mol. The smallest absolute Gasteiger partial charge is 0.289 e. The number of hydrogen-bond donors (Lipinski definition) is 2. The van der Waals surface area contributed by atoms with Gasteiger partial charge in [0.1, 0.15) is 0 Å². The summed E-state index contributed by atoms with van der Waals surface area (Å²) in [7, 11) is -2.59. The summed E-state index contributed by atoms with van der Waals surface area (Å²) in [6.45, 7) is 29.7. The van der Waals surface area contributed by atoms with Crippen molar-refractivity contribution in [3.05, 3.63) is 155 Å². The molecule has 0 bridgehead atoms. The number of rotatable bonds is 15. The highest BCUT2D eigenvalue weighted by Crippen LogP contribution is 2.29. The van der Waals surface area contributed by atoms with Crippen LogP contribution in [0.3, 0.4) is 0 Å². The van der Waals surface area contributed by atoms with E-state index in [4.69, 9.17) is 9.47 Å². The molecule has 0 saturated carbocycles. The van der Waals surface area contributed by atoms with Crippen LogP contribution in [0, 0.1) is 32.1 Å². The topological polar surface area (TPSA) is 93.7 Å². The van der Waals surface area contributed by atoms with Gasteiger partial charge in [0.05, 0.1) is 23.8 Å². The molecule has 0 aromatic heterocycles. The molecule has 0 fully saturated rings. The molecule has 0 aliphatic rings. The van der Waals surface area contributed by atoms with Crippen molar-refractivity contribution in [1.82, 2.24) is 10.0 Å². The molecule has 0 saturated heterocycles. The number of sulfonamides is 1. The number of para-hydroxylation sites is 2. The van der Waals surface area contributed by atoms with Crippen molar-refractivity contribution < 1.29 is 22.7 Å². The van der Waals surface area contributed by atoms with Crippen molar-refractivity contribution in [3.63, 3.8) is 0 Å². The molecule has 7 nitrogen and oxygen atoms in total. The van der Waals surface area contributed by atoms with E-state index in [9.17, 15) is 13.2 Å². The first-order valence-electron chi connectivity index (χ1n) is 18.3. The molecule has 300 valence electrons. The number of allylic oxidation sites excluding steroid dienone is 10. The number of benzene rings is 2. The fraction of sp³-hybridized carbons (Fsp3) is 0.340. The van der Waals surface area contributed by atoms with Crippen molar-refractivity contribution in [1.29, 1.82) is 0 Å². The van der Waals surface area contributed by atoms with Crippen LogP contribution in [0.25, 0.3) is 0 Å². The van der Waals surface area contributed by atoms with E-state index < -0.39 is 22.0 Å². The third kappa shape index (κ3) is 20.7. The SMILES string of the molecule is C#CC.C=C/C=C(\C=C/C)C(C)NC(=O)/C(Oc1ccccc1OC)=C(\C)NS(=O)(=O)C(/C=C\C(=C/C)C(C)C)=C(/C)CC.C=CC.Cc1ccc(C)cc1. The average molecular weight is 771 g/mol. The van der Waals surface area contributed by atoms with Crippen LogP contribution in [0.4, 0.5) is 0 Å². The number of nitrogens with one attached hydrogen (secondary N) is 2. The Balaban J connectivity index is 0. The lowest BCUT2D eigenvalue weighted by Crippen LogP contribution is -2.38. The van der Waals surface area contributed by atoms with Crippen LogP contribution in [0.2, 0.25) is 0 Å². The van der Waals surface area contributed by atoms with Crippen LogP contribution >= 0.6 is 0 Å². The normalized spacial score (nSPS) is 12.9. The van der Waals surface area contributed by atoms with Crippen molar-refractivity contribution in [2.24, 2.45) is 5.92 Å². The predicted molar refractivity (Wildman–Crippen MR) is 236 cm³/mol. The zero-order valence-corrected chi connectivity index (χ0v) is 36.4. The molecule has 8 heteroatoms. The van der Waals surface area contributed by atoms with Crippen molar-refractivity contribution in [3.8, 4) is 23.8 Å². The Morgan fingerprint density at radius 3 is 1.84 bits per heavy atom. The van der Waals surface area contributed by atoms with E-state index in [1.807, 2.05) is 72.8 Å². The maximum atomic E-state index is 13.7. The number of aryl methyl sites for hydroxylation is 2. The lowest BCUT2D eigenvalue weighted by Gasteiger charge is -2.20. The molecule has 2 aromatic rings. The maximum Gasteiger partial charge on any atom is 0.289 e. The summed E-state index contributed by atoms with van der Waals surface area (Å²) >= 11 is 0. The second-order valence-corrected chi connectivity index (χ2v) is 14.2. The van der Waals surface area contributed by atoms with Gasteiger partial charge in [-0.25, -0.2) is 8.42 Å². The molecule has 0 aliphatic carbocycles. The van der Waals surface area contributed by atoms with Crippen molar-refractivity contribution in [2.75, 3.05) is 7.11 Å². The quantitative estimate of drug-likeness (QED) is 0.0618. The first-order valence-corrected chi connectivity index (χ1v) is 19.8. The number of amides is 1. The fourth-order valence-corrected chi connectivity index (χ4v) is 5.95. The van der Waals surface area contributed by atoms with Gasteiger partial charge in [-0.05, 0) is 104 Å². The highest BCUT2D eigenvalue weighted by Gasteiger charge is 2.25. The van der Waals surface area contributed by atoms with Gasteiger partial charge in [0, 0.05) is 0 Å². The standard InChI is InChI=1S/C33H46N2O5S.C8H10.C3H6.C3H4/c1-11-17-28(18-12-2)25(8)34-33(36)32(40-30-20-16-15-19-29(30)39-10)26(9)35-41(37,38)31(24(7)13-3)22-21-27(14-4)23(5)6;1-7-3-5-8(2)6-4-7;2*1-3-2/h11-12,14-23,25,35H,1,13H2,2-10H3,(H,34,36);3-6H,1-2H3;3H,1H2,2H3;1H,2H3/b18-12-,22-21-,27-14+,28-17+,31-24-,32-26-;;;. The van der Waals surface area contributed by atoms with Gasteiger partial charge >= 0.3 is 0 Å². The van der Waals surface area contributed by atoms with Gasteiger partial charge in [-0.2, -0.15) is 0 Å². The molecule has 0 aliphatic heterocycles. The van der Waals surface area contributed by atoms with E-state index >= 15 is 0 Å². The summed E-state index contributed by atoms with van der Waals surface area (Å²) in [6, 6.07) is 14.9. The van der Waals surface area contributed by atoms with Crippen LogP contribution < -0.4 is 19.5 Å². The molecule has 1 unspecified atom stereocenters. The number of ether oxygens (including phenoxy) is 2. The third-order valence-electron chi connectivity index (χ3n) is 7.52. The number of methoxy groups -OCH3 is 1. The average Bonchev–Trinajstić information content (AvgIpc) is 3.13. The second-order valence-electron chi connectivity index (χ2n) is 12.5. The van der Waals surface area contributed by atoms with Crippen LogP contribution in [0.1, 0.15) is 86.8 Å². The molecule has 1 atom stereocenters. The Hall–Kier alpha value is -5.26. The second kappa shape index (κ2) is 29.1. The highest BCUT2D eigenvalue weighted by molar-refractivity contribution is 7.93.